The van der Waals surface area contributed by atoms with Gasteiger partial charge in [-0.3, -0.25) is 4.79 Å². The number of sulfonamides is 1. The number of carbonyl (C=O) groups is 1. The molecule has 1 heterocycles. The molecule has 1 aliphatic rings. The number of piperidine rings is 1. The second-order valence-electron chi connectivity index (χ2n) is 6.52. The number of rotatable bonds is 4. The maximum atomic E-state index is 14.0. The van der Waals surface area contributed by atoms with Gasteiger partial charge in [0.05, 0.1) is 10.6 Å². The molecule has 2 aromatic rings. The normalized spacial score (nSPS) is 15.5. The van der Waals surface area contributed by atoms with Crippen LogP contribution in [0.4, 0.5) is 10.1 Å². The second kappa shape index (κ2) is 8.08. The van der Waals surface area contributed by atoms with Crippen molar-refractivity contribution >= 4 is 37.5 Å². The van der Waals surface area contributed by atoms with Gasteiger partial charge in [0.2, 0.25) is 10.0 Å². The van der Waals surface area contributed by atoms with Crippen molar-refractivity contribution in [3.63, 3.8) is 0 Å². The van der Waals surface area contributed by atoms with E-state index in [-0.39, 0.29) is 16.1 Å². The van der Waals surface area contributed by atoms with Gasteiger partial charge in [-0.15, -0.1) is 0 Å². The summed E-state index contributed by atoms with van der Waals surface area (Å²) in [6, 6.07) is 8.79. The molecule has 0 spiro atoms. The quantitative estimate of drug-likeness (QED) is 0.747. The highest BCUT2D eigenvalue weighted by Crippen LogP contribution is 2.24. The predicted octanol–water partition coefficient (Wildman–Crippen LogP) is 4.32. The minimum atomic E-state index is -3.65. The standard InChI is InChI=1S/C19H20BrFN2O3S/c1-13-5-7-15(27(25,26)23-9-3-2-4-10-23)12-16(13)19(24)22-18-8-6-14(20)11-17(18)21/h5-8,11-12H,2-4,9-10H2,1H3,(H,22,24). The summed E-state index contributed by atoms with van der Waals surface area (Å²) in [5.74, 6) is -1.13. The van der Waals surface area contributed by atoms with Crippen molar-refractivity contribution in [3.05, 3.63) is 57.8 Å². The molecule has 1 fully saturated rings. The third-order valence-electron chi connectivity index (χ3n) is 4.59. The van der Waals surface area contributed by atoms with Crippen molar-refractivity contribution in [2.24, 2.45) is 0 Å². The van der Waals surface area contributed by atoms with E-state index in [0.717, 1.165) is 19.3 Å². The van der Waals surface area contributed by atoms with Crippen molar-refractivity contribution in [2.45, 2.75) is 31.1 Å². The molecule has 1 N–H and O–H groups in total. The summed E-state index contributed by atoms with van der Waals surface area (Å²) in [5.41, 5.74) is 0.852. The van der Waals surface area contributed by atoms with Crippen molar-refractivity contribution < 1.29 is 17.6 Å². The molecule has 0 radical (unpaired) electrons. The van der Waals surface area contributed by atoms with Gasteiger partial charge in [-0.2, -0.15) is 4.31 Å². The highest BCUT2D eigenvalue weighted by atomic mass is 79.9. The number of hydrogen-bond acceptors (Lipinski definition) is 3. The molecule has 0 atom stereocenters. The van der Waals surface area contributed by atoms with E-state index in [4.69, 9.17) is 0 Å². The van der Waals surface area contributed by atoms with E-state index in [2.05, 4.69) is 21.2 Å². The van der Waals surface area contributed by atoms with Crippen molar-refractivity contribution in [1.29, 1.82) is 0 Å². The summed E-state index contributed by atoms with van der Waals surface area (Å²) < 4.78 is 41.7. The van der Waals surface area contributed by atoms with Crippen LogP contribution in [-0.2, 0) is 10.0 Å². The van der Waals surface area contributed by atoms with Gasteiger partial charge in [0, 0.05) is 23.1 Å². The van der Waals surface area contributed by atoms with Crippen LogP contribution < -0.4 is 5.32 Å². The molecule has 144 valence electrons. The first kappa shape index (κ1) is 20.0. The van der Waals surface area contributed by atoms with Crippen LogP contribution in [0.25, 0.3) is 0 Å². The smallest absolute Gasteiger partial charge is 0.256 e. The molecule has 0 aliphatic carbocycles. The molecule has 27 heavy (non-hydrogen) atoms. The first-order valence-corrected chi connectivity index (χ1v) is 10.9. The molecule has 2 aromatic carbocycles. The minimum Gasteiger partial charge on any atom is -0.319 e. The van der Waals surface area contributed by atoms with Gasteiger partial charge < -0.3 is 5.32 Å². The maximum Gasteiger partial charge on any atom is 0.256 e. The number of nitrogens with zero attached hydrogens (tertiary/aromatic N) is 1. The Morgan fingerprint density at radius 2 is 1.81 bits per heavy atom. The Morgan fingerprint density at radius 1 is 1.11 bits per heavy atom. The molecule has 0 unspecified atom stereocenters. The third-order valence-corrected chi connectivity index (χ3v) is 6.97. The largest absolute Gasteiger partial charge is 0.319 e. The second-order valence-corrected chi connectivity index (χ2v) is 9.37. The fraction of sp³-hybridized carbons (Fsp3) is 0.316. The lowest BCUT2D eigenvalue weighted by molar-refractivity contribution is 0.102. The van der Waals surface area contributed by atoms with Gasteiger partial charge in [0.15, 0.2) is 0 Å². The van der Waals surface area contributed by atoms with Crippen LogP contribution in [0, 0.1) is 12.7 Å². The summed E-state index contributed by atoms with van der Waals surface area (Å²) in [6.45, 7) is 2.69. The van der Waals surface area contributed by atoms with Crippen LogP contribution in [0.3, 0.4) is 0 Å². The highest BCUT2D eigenvalue weighted by molar-refractivity contribution is 9.10. The van der Waals surface area contributed by atoms with Gasteiger partial charge >= 0.3 is 0 Å². The third kappa shape index (κ3) is 4.39. The summed E-state index contributed by atoms with van der Waals surface area (Å²) in [4.78, 5) is 12.7. The van der Waals surface area contributed by atoms with E-state index < -0.39 is 21.7 Å². The molecule has 8 heteroatoms. The Morgan fingerprint density at radius 3 is 2.48 bits per heavy atom. The van der Waals surface area contributed by atoms with E-state index >= 15 is 0 Å². The minimum absolute atomic E-state index is 0.0342. The maximum absolute atomic E-state index is 14.0. The fourth-order valence-corrected chi connectivity index (χ4v) is 4.92. The number of carbonyl (C=O) groups excluding carboxylic acids is 1. The number of benzene rings is 2. The lowest BCUT2D eigenvalue weighted by Crippen LogP contribution is -2.35. The molecule has 1 saturated heterocycles. The number of anilines is 1. The topological polar surface area (TPSA) is 66.5 Å². The van der Waals surface area contributed by atoms with E-state index in [1.54, 1.807) is 19.1 Å². The molecule has 5 nitrogen and oxygen atoms in total. The lowest BCUT2D eigenvalue weighted by Gasteiger charge is -2.26. The van der Waals surface area contributed by atoms with Crippen LogP contribution in [0.2, 0.25) is 0 Å². The number of halogens is 2. The lowest BCUT2D eigenvalue weighted by atomic mass is 10.1. The van der Waals surface area contributed by atoms with Gasteiger partial charge in [-0.25, -0.2) is 12.8 Å². The first-order valence-electron chi connectivity index (χ1n) is 8.66. The summed E-state index contributed by atoms with van der Waals surface area (Å²) in [7, 11) is -3.65. The number of amides is 1. The molecule has 1 aliphatic heterocycles. The van der Waals surface area contributed by atoms with Crippen LogP contribution in [0.15, 0.2) is 45.8 Å². The Balaban J connectivity index is 1.89. The zero-order chi connectivity index (χ0) is 19.6. The number of nitrogens with one attached hydrogen (secondary N) is 1. The predicted molar refractivity (Wildman–Crippen MR) is 106 cm³/mol. The fourth-order valence-electron chi connectivity index (χ4n) is 3.04. The Labute approximate surface area is 166 Å². The van der Waals surface area contributed by atoms with Crippen molar-refractivity contribution in [1.82, 2.24) is 4.31 Å². The van der Waals surface area contributed by atoms with E-state index in [9.17, 15) is 17.6 Å². The van der Waals surface area contributed by atoms with Gasteiger partial charge in [0.1, 0.15) is 5.82 Å². The Bertz CT molecular complexity index is 973. The van der Waals surface area contributed by atoms with Gasteiger partial charge in [0.25, 0.3) is 5.91 Å². The zero-order valence-corrected chi connectivity index (χ0v) is 17.2. The molecular formula is C19H20BrFN2O3S. The van der Waals surface area contributed by atoms with E-state index in [0.29, 0.717) is 23.1 Å². The average Bonchev–Trinajstić information content (AvgIpc) is 2.65. The molecule has 0 bridgehead atoms. The summed E-state index contributed by atoms with van der Waals surface area (Å²) in [5, 5.41) is 2.51. The Kier molecular flexibility index (Phi) is 5.98. The van der Waals surface area contributed by atoms with Crippen LogP contribution in [-0.4, -0.2) is 31.7 Å². The highest BCUT2D eigenvalue weighted by Gasteiger charge is 2.27. The summed E-state index contributed by atoms with van der Waals surface area (Å²) in [6.07, 6.45) is 2.69. The molecule has 0 aromatic heterocycles. The van der Waals surface area contributed by atoms with Gasteiger partial charge in [-0.05, 0) is 55.7 Å². The molecule has 0 saturated carbocycles. The van der Waals surface area contributed by atoms with Crippen LogP contribution >= 0.6 is 15.9 Å². The molecule has 1 amide bonds. The van der Waals surface area contributed by atoms with E-state index in [1.165, 1.54) is 28.6 Å². The Hall–Kier alpha value is -1.77. The van der Waals surface area contributed by atoms with E-state index in [1.807, 2.05) is 0 Å². The van der Waals surface area contributed by atoms with Crippen LogP contribution in [0.5, 0.6) is 0 Å². The summed E-state index contributed by atoms with van der Waals surface area (Å²) >= 11 is 3.16. The SMILES string of the molecule is Cc1ccc(S(=O)(=O)N2CCCCC2)cc1C(=O)Nc1ccc(Br)cc1F. The average molecular weight is 455 g/mol. The van der Waals surface area contributed by atoms with Crippen molar-refractivity contribution in [3.8, 4) is 0 Å². The monoisotopic (exact) mass is 454 g/mol. The molecule has 3 rings (SSSR count). The van der Waals surface area contributed by atoms with Gasteiger partial charge in [-0.1, -0.05) is 28.4 Å². The molecular weight excluding hydrogens is 435 g/mol. The van der Waals surface area contributed by atoms with Crippen LogP contribution in [0.1, 0.15) is 35.2 Å². The number of hydrogen-bond donors (Lipinski definition) is 1. The zero-order valence-electron chi connectivity index (χ0n) is 14.8. The van der Waals surface area contributed by atoms with Crippen molar-refractivity contribution in [2.75, 3.05) is 18.4 Å². The first-order chi connectivity index (χ1) is 12.8. The number of aryl methyl sites for hydroxylation is 1.